The van der Waals surface area contributed by atoms with Crippen LogP contribution in [0, 0.1) is 5.92 Å². The molecule has 34 heavy (non-hydrogen) atoms. The SMILES string of the molecule is CCCCN(C(=O)c1cc(C(F)(F)F)cc(C(F)(F)F)c1)c1c(N)n(CC(C)C)c(=O)[nH]c1=O. The zero-order valence-electron chi connectivity index (χ0n) is 18.6. The van der Waals surface area contributed by atoms with Crippen LogP contribution in [-0.4, -0.2) is 22.0 Å². The molecule has 3 N–H and O–H groups in total. The van der Waals surface area contributed by atoms with Crippen LogP contribution in [0.5, 0.6) is 0 Å². The number of carbonyl (C=O) groups is 1. The Labute approximate surface area is 190 Å². The minimum atomic E-state index is -5.16. The molecule has 1 aromatic carbocycles. The van der Waals surface area contributed by atoms with E-state index in [1.54, 1.807) is 20.8 Å². The molecule has 13 heteroatoms. The molecule has 7 nitrogen and oxygen atoms in total. The van der Waals surface area contributed by atoms with Gasteiger partial charge in [-0.3, -0.25) is 19.1 Å². The summed E-state index contributed by atoms with van der Waals surface area (Å²) >= 11 is 0. The predicted molar refractivity (Wildman–Crippen MR) is 114 cm³/mol. The van der Waals surface area contributed by atoms with Crippen molar-refractivity contribution in [1.82, 2.24) is 9.55 Å². The largest absolute Gasteiger partial charge is 0.416 e. The van der Waals surface area contributed by atoms with Crippen molar-refractivity contribution < 1.29 is 31.1 Å². The number of hydrogen-bond acceptors (Lipinski definition) is 4. The Bertz CT molecular complexity index is 1130. The van der Waals surface area contributed by atoms with E-state index in [-0.39, 0.29) is 43.6 Å². The first-order valence-corrected chi connectivity index (χ1v) is 10.3. The van der Waals surface area contributed by atoms with Gasteiger partial charge in [0.1, 0.15) is 5.82 Å². The Hall–Kier alpha value is -3.25. The van der Waals surface area contributed by atoms with Crippen LogP contribution in [0.4, 0.5) is 37.8 Å². The van der Waals surface area contributed by atoms with Gasteiger partial charge in [0.15, 0.2) is 5.69 Å². The Morgan fingerprint density at radius 1 is 1.06 bits per heavy atom. The zero-order chi connectivity index (χ0) is 26.0. The van der Waals surface area contributed by atoms with Crippen molar-refractivity contribution in [3.63, 3.8) is 0 Å². The lowest BCUT2D eigenvalue weighted by Gasteiger charge is -2.25. The van der Waals surface area contributed by atoms with Crippen LogP contribution in [0.15, 0.2) is 27.8 Å². The number of nitrogens with zero attached hydrogens (tertiary/aromatic N) is 2. The number of benzene rings is 1. The number of alkyl halides is 6. The van der Waals surface area contributed by atoms with Gasteiger partial charge in [-0.05, 0) is 30.5 Å². The van der Waals surface area contributed by atoms with Gasteiger partial charge >= 0.3 is 18.0 Å². The number of carbonyl (C=O) groups excluding carboxylic acids is 1. The first-order valence-electron chi connectivity index (χ1n) is 10.3. The number of unbranched alkanes of at least 4 members (excludes halogenated alkanes) is 1. The second kappa shape index (κ2) is 9.94. The summed E-state index contributed by atoms with van der Waals surface area (Å²) in [6, 6.07) is 0.466. The Morgan fingerprint density at radius 3 is 2.03 bits per heavy atom. The van der Waals surface area contributed by atoms with E-state index in [9.17, 15) is 40.7 Å². The summed E-state index contributed by atoms with van der Waals surface area (Å²) in [6.07, 6.45) is -9.60. The maximum absolute atomic E-state index is 13.3. The van der Waals surface area contributed by atoms with E-state index in [1.165, 1.54) is 0 Å². The summed E-state index contributed by atoms with van der Waals surface area (Å²) in [5.41, 5.74) is -0.741. The molecule has 0 radical (unpaired) electrons. The van der Waals surface area contributed by atoms with Gasteiger partial charge in [-0.1, -0.05) is 27.2 Å². The van der Waals surface area contributed by atoms with E-state index in [0.717, 1.165) is 4.57 Å². The molecule has 188 valence electrons. The molecule has 0 bridgehead atoms. The van der Waals surface area contributed by atoms with Crippen molar-refractivity contribution in [1.29, 1.82) is 0 Å². The van der Waals surface area contributed by atoms with Gasteiger partial charge in [-0.15, -0.1) is 0 Å². The molecule has 0 aliphatic heterocycles. The maximum Gasteiger partial charge on any atom is 0.416 e. The van der Waals surface area contributed by atoms with E-state index >= 15 is 0 Å². The molecule has 2 rings (SSSR count). The molecule has 0 spiro atoms. The molecular weight excluding hydrogens is 470 g/mol. The number of amides is 1. The number of nitrogens with two attached hydrogens (primary N) is 1. The number of rotatable bonds is 7. The van der Waals surface area contributed by atoms with Crippen LogP contribution in [0.25, 0.3) is 0 Å². The Kier molecular flexibility index (Phi) is 7.89. The summed E-state index contributed by atoms with van der Waals surface area (Å²) in [4.78, 5) is 40.7. The maximum atomic E-state index is 13.3. The number of nitrogen functional groups attached to an aromatic ring is 1. The second-order valence-corrected chi connectivity index (χ2v) is 8.10. The highest BCUT2D eigenvalue weighted by atomic mass is 19.4. The second-order valence-electron chi connectivity index (χ2n) is 8.10. The summed E-state index contributed by atoms with van der Waals surface area (Å²) in [5.74, 6) is -1.83. The lowest BCUT2D eigenvalue weighted by Crippen LogP contribution is -2.42. The molecule has 0 unspecified atom stereocenters. The summed E-state index contributed by atoms with van der Waals surface area (Å²) in [6.45, 7) is 5.03. The van der Waals surface area contributed by atoms with Gasteiger partial charge in [0.05, 0.1) is 11.1 Å². The first-order chi connectivity index (χ1) is 15.6. The summed E-state index contributed by atoms with van der Waals surface area (Å²) in [5, 5.41) is 0. The zero-order valence-corrected chi connectivity index (χ0v) is 18.6. The normalized spacial score (nSPS) is 12.3. The molecular formula is C21H24F6N4O3. The van der Waals surface area contributed by atoms with Crippen LogP contribution in [-0.2, 0) is 18.9 Å². The molecule has 2 aromatic rings. The molecule has 1 aromatic heterocycles. The van der Waals surface area contributed by atoms with Gasteiger partial charge in [0.25, 0.3) is 11.5 Å². The fourth-order valence-corrected chi connectivity index (χ4v) is 3.25. The van der Waals surface area contributed by atoms with Crippen LogP contribution < -0.4 is 21.9 Å². The van der Waals surface area contributed by atoms with Gasteiger partial charge < -0.3 is 10.6 Å². The lowest BCUT2D eigenvalue weighted by atomic mass is 10.0. The number of anilines is 2. The first kappa shape index (κ1) is 27.0. The Balaban J connectivity index is 2.77. The molecule has 0 atom stereocenters. The minimum absolute atomic E-state index is 0.0477. The molecule has 0 saturated carbocycles. The van der Waals surface area contributed by atoms with E-state index in [0.29, 0.717) is 11.3 Å². The fourth-order valence-electron chi connectivity index (χ4n) is 3.25. The fraction of sp³-hybridized carbons (Fsp3) is 0.476. The number of aromatic amines is 1. The molecule has 0 aliphatic rings. The topological polar surface area (TPSA) is 101 Å². The highest BCUT2D eigenvalue weighted by molar-refractivity contribution is 6.07. The van der Waals surface area contributed by atoms with Crippen LogP contribution in [0.1, 0.15) is 55.1 Å². The average Bonchev–Trinajstić information content (AvgIpc) is 2.71. The van der Waals surface area contributed by atoms with Crippen LogP contribution >= 0.6 is 0 Å². The smallest absolute Gasteiger partial charge is 0.383 e. The van der Waals surface area contributed by atoms with Gasteiger partial charge in [-0.2, -0.15) is 26.3 Å². The molecule has 0 saturated heterocycles. The monoisotopic (exact) mass is 494 g/mol. The number of hydrogen-bond donors (Lipinski definition) is 2. The standard InChI is InChI=1S/C21H24F6N4O3/c1-4-5-6-30(15-16(28)31(10-11(2)3)19(34)29-17(15)32)18(33)12-7-13(20(22,23)24)9-14(8-12)21(25,26)27/h7-9,11H,4-6,10,28H2,1-3H3,(H,29,32,34). The number of nitrogens with one attached hydrogen (secondary N) is 1. The summed E-state index contributed by atoms with van der Waals surface area (Å²) < 4.78 is 80.6. The third-order valence-corrected chi connectivity index (χ3v) is 4.85. The van der Waals surface area contributed by atoms with E-state index in [1.807, 2.05) is 4.98 Å². The molecule has 1 heterocycles. The van der Waals surface area contributed by atoms with Crippen LogP contribution in [0.3, 0.4) is 0 Å². The third-order valence-electron chi connectivity index (χ3n) is 4.85. The molecule has 1 amide bonds. The van der Waals surface area contributed by atoms with E-state index in [4.69, 9.17) is 5.73 Å². The van der Waals surface area contributed by atoms with Gasteiger partial charge in [-0.25, -0.2) is 4.79 Å². The van der Waals surface area contributed by atoms with Gasteiger partial charge in [0, 0.05) is 18.7 Å². The number of aromatic nitrogens is 2. The quantitative estimate of drug-likeness (QED) is 0.562. The van der Waals surface area contributed by atoms with Crippen molar-refractivity contribution in [3.8, 4) is 0 Å². The number of halogens is 6. The predicted octanol–water partition coefficient (Wildman–Crippen LogP) is 4.26. The van der Waals surface area contributed by atoms with Crippen molar-refractivity contribution in [2.24, 2.45) is 5.92 Å². The van der Waals surface area contributed by atoms with Crippen molar-refractivity contribution in [2.45, 2.75) is 52.5 Å². The molecule has 0 fully saturated rings. The summed E-state index contributed by atoms with van der Waals surface area (Å²) in [7, 11) is 0. The van der Waals surface area contributed by atoms with Crippen LogP contribution in [0.2, 0.25) is 0 Å². The number of H-pyrrole nitrogens is 1. The van der Waals surface area contributed by atoms with Crippen molar-refractivity contribution in [2.75, 3.05) is 17.2 Å². The highest BCUT2D eigenvalue weighted by Crippen LogP contribution is 2.37. The van der Waals surface area contributed by atoms with Crippen molar-refractivity contribution >= 4 is 17.4 Å². The minimum Gasteiger partial charge on any atom is -0.383 e. The van der Waals surface area contributed by atoms with Gasteiger partial charge in [0.2, 0.25) is 0 Å². The Morgan fingerprint density at radius 2 is 1.59 bits per heavy atom. The average molecular weight is 494 g/mol. The third kappa shape index (κ3) is 6.00. The van der Waals surface area contributed by atoms with E-state index in [2.05, 4.69) is 0 Å². The lowest BCUT2D eigenvalue weighted by molar-refractivity contribution is -0.143. The molecule has 0 aliphatic carbocycles. The highest BCUT2D eigenvalue weighted by Gasteiger charge is 2.38. The van der Waals surface area contributed by atoms with E-state index < -0.39 is 57.7 Å². The van der Waals surface area contributed by atoms with Crippen molar-refractivity contribution in [3.05, 3.63) is 55.7 Å².